The Kier molecular flexibility index (Phi) is 6.20. The first kappa shape index (κ1) is 19.8. The first-order chi connectivity index (χ1) is 14.7. The third kappa shape index (κ3) is 4.75. The summed E-state index contributed by atoms with van der Waals surface area (Å²) in [5, 5.41) is 4.62. The summed E-state index contributed by atoms with van der Waals surface area (Å²) < 4.78 is 12.3. The molecule has 7 heteroatoms. The van der Waals surface area contributed by atoms with Crippen LogP contribution in [-0.2, 0) is 20.8 Å². The van der Waals surface area contributed by atoms with Gasteiger partial charge >= 0.3 is 5.97 Å². The maximum Gasteiger partial charge on any atom is 0.342 e. The normalized spacial score (nSPS) is 13.8. The Balaban J connectivity index is 1.52. The Hall–Kier alpha value is -3.45. The topological polar surface area (TPSA) is 73.7 Å². The Bertz CT molecular complexity index is 996. The van der Waals surface area contributed by atoms with Gasteiger partial charge in [0.25, 0.3) is 5.91 Å². The average Bonchev–Trinajstić information content (AvgIpc) is 3.23. The van der Waals surface area contributed by atoms with Gasteiger partial charge in [0.1, 0.15) is 11.3 Å². The molecule has 4 rings (SSSR count). The van der Waals surface area contributed by atoms with E-state index in [-0.39, 0.29) is 12.5 Å². The molecule has 0 N–H and O–H groups in total. The number of carbonyl (C=O) groups is 2. The van der Waals surface area contributed by atoms with Crippen LogP contribution in [-0.4, -0.2) is 59.5 Å². The minimum absolute atomic E-state index is 0.218. The molecular weight excluding hydrogens is 382 g/mol. The van der Waals surface area contributed by atoms with Gasteiger partial charge in [0.05, 0.1) is 19.8 Å². The predicted molar refractivity (Wildman–Crippen MR) is 111 cm³/mol. The summed E-state index contributed by atoms with van der Waals surface area (Å²) in [5.41, 5.74) is 2.76. The molecule has 2 aromatic carbocycles. The van der Waals surface area contributed by atoms with E-state index in [1.807, 2.05) is 60.7 Å². The fraction of sp³-hybridized carbons (Fsp3) is 0.261. The summed E-state index contributed by atoms with van der Waals surface area (Å²) in [6.07, 6.45) is 1.68. The molecule has 0 saturated carbocycles. The van der Waals surface area contributed by atoms with E-state index in [4.69, 9.17) is 9.47 Å². The summed E-state index contributed by atoms with van der Waals surface area (Å²) >= 11 is 0. The lowest BCUT2D eigenvalue weighted by Gasteiger charge is -2.26. The number of ether oxygens (including phenoxy) is 2. The maximum atomic E-state index is 12.8. The van der Waals surface area contributed by atoms with E-state index in [2.05, 4.69) is 5.10 Å². The van der Waals surface area contributed by atoms with Crippen LogP contribution in [0.5, 0.6) is 0 Å². The van der Waals surface area contributed by atoms with Gasteiger partial charge in [-0.1, -0.05) is 60.7 Å². The number of esters is 1. The molecule has 1 saturated heterocycles. The Labute approximate surface area is 174 Å². The fourth-order valence-electron chi connectivity index (χ4n) is 3.34. The quantitative estimate of drug-likeness (QED) is 0.590. The van der Waals surface area contributed by atoms with Crippen molar-refractivity contribution < 1.29 is 19.1 Å². The second-order valence-electron chi connectivity index (χ2n) is 7.01. The molecule has 1 aliphatic rings. The number of amides is 1. The highest BCUT2D eigenvalue weighted by molar-refractivity contribution is 5.97. The van der Waals surface area contributed by atoms with E-state index < -0.39 is 5.97 Å². The van der Waals surface area contributed by atoms with Gasteiger partial charge in [-0.3, -0.25) is 9.48 Å². The van der Waals surface area contributed by atoms with Crippen molar-refractivity contribution in [2.75, 3.05) is 32.9 Å². The molecule has 154 valence electrons. The average molecular weight is 405 g/mol. The van der Waals surface area contributed by atoms with Gasteiger partial charge in [0.15, 0.2) is 6.61 Å². The van der Waals surface area contributed by atoms with Crippen LogP contribution in [0.3, 0.4) is 0 Å². The van der Waals surface area contributed by atoms with E-state index in [0.29, 0.717) is 44.1 Å². The molecule has 3 aromatic rings. The van der Waals surface area contributed by atoms with Crippen LogP contribution in [0.4, 0.5) is 0 Å². The molecule has 2 heterocycles. The summed E-state index contributed by atoms with van der Waals surface area (Å²) in [5.74, 6) is -0.778. The third-order valence-electron chi connectivity index (χ3n) is 4.91. The fourth-order valence-corrected chi connectivity index (χ4v) is 3.34. The molecule has 1 fully saturated rings. The van der Waals surface area contributed by atoms with Crippen LogP contribution < -0.4 is 0 Å². The molecule has 0 atom stereocenters. The Morgan fingerprint density at radius 3 is 2.33 bits per heavy atom. The lowest BCUT2D eigenvalue weighted by molar-refractivity contribution is -0.138. The van der Waals surface area contributed by atoms with Crippen LogP contribution in [0.15, 0.2) is 66.9 Å². The zero-order valence-corrected chi connectivity index (χ0v) is 16.6. The second-order valence-corrected chi connectivity index (χ2v) is 7.01. The number of morpholine rings is 1. The van der Waals surface area contributed by atoms with Gasteiger partial charge in [-0.2, -0.15) is 5.10 Å². The molecule has 0 bridgehead atoms. The van der Waals surface area contributed by atoms with Crippen LogP contribution in [0.2, 0.25) is 0 Å². The summed E-state index contributed by atoms with van der Waals surface area (Å²) in [6.45, 7) is 2.27. The molecular formula is C23H23N3O4. The van der Waals surface area contributed by atoms with Crippen LogP contribution >= 0.6 is 0 Å². The molecule has 7 nitrogen and oxygen atoms in total. The number of carbonyl (C=O) groups excluding carboxylic acids is 2. The molecule has 1 aliphatic heterocycles. The Morgan fingerprint density at radius 1 is 0.967 bits per heavy atom. The summed E-state index contributed by atoms with van der Waals surface area (Å²) in [7, 11) is 0. The van der Waals surface area contributed by atoms with Gasteiger partial charge in [0, 0.05) is 24.8 Å². The van der Waals surface area contributed by atoms with Gasteiger partial charge in [-0.25, -0.2) is 4.79 Å². The number of hydrogen-bond acceptors (Lipinski definition) is 5. The largest absolute Gasteiger partial charge is 0.452 e. The first-order valence-corrected chi connectivity index (χ1v) is 9.90. The second kappa shape index (κ2) is 9.37. The molecule has 30 heavy (non-hydrogen) atoms. The molecule has 0 spiro atoms. The summed E-state index contributed by atoms with van der Waals surface area (Å²) in [6, 6.07) is 19.4. The molecule has 1 amide bonds. The van der Waals surface area contributed by atoms with Crippen molar-refractivity contribution in [3.8, 4) is 11.3 Å². The van der Waals surface area contributed by atoms with Crippen molar-refractivity contribution in [2.45, 2.75) is 6.54 Å². The highest BCUT2D eigenvalue weighted by Crippen LogP contribution is 2.23. The molecule has 0 aliphatic carbocycles. The maximum absolute atomic E-state index is 12.8. The SMILES string of the molecule is O=C(OCC(=O)N1CCOCC1)c1cn(Cc2ccccc2)nc1-c1ccccc1. The Morgan fingerprint density at radius 2 is 1.63 bits per heavy atom. The van der Waals surface area contributed by atoms with Crippen LogP contribution in [0, 0.1) is 0 Å². The van der Waals surface area contributed by atoms with Crippen molar-refractivity contribution in [1.29, 1.82) is 0 Å². The van der Waals surface area contributed by atoms with E-state index in [9.17, 15) is 9.59 Å². The van der Waals surface area contributed by atoms with Gasteiger partial charge in [-0.05, 0) is 5.56 Å². The number of nitrogens with zero attached hydrogens (tertiary/aromatic N) is 3. The van der Waals surface area contributed by atoms with Crippen LogP contribution in [0.1, 0.15) is 15.9 Å². The number of rotatable bonds is 6. The highest BCUT2D eigenvalue weighted by atomic mass is 16.5. The van der Waals surface area contributed by atoms with Gasteiger partial charge < -0.3 is 14.4 Å². The minimum Gasteiger partial charge on any atom is -0.452 e. The van der Waals surface area contributed by atoms with Crippen molar-refractivity contribution in [1.82, 2.24) is 14.7 Å². The third-order valence-corrected chi connectivity index (χ3v) is 4.91. The number of aromatic nitrogens is 2. The zero-order chi connectivity index (χ0) is 20.8. The predicted octanol–water partition coefficient (Wildman–Crippen LogP) is 2.61. The molecule has 0 unspecified atom stereocenters. The lowest BCUT2D eigenvalue weighted by Crippen LogP contribution is -2.42. The molecule has 0 radical (unpaired) electrons. The first-order valence-electron chi connectivity index (χ1n) is 9.90. The highest BCUT2D eigenvalue weighted by Gasteiger charge is 2.22. The van der Waals surface area contributed by atoms with Crippen molar-refractivity contribution in [3.63, 3.8) is 0 Å². The lowest BCUT2D eigenvalue weighted by atomic mass is 10.1. The number of benzene rings is 2. The zero-order valence-electron chi connectivity index (χ0n) is 16.6. The van der Waals surface area contributed by atoms with Gasteiger partial charge in [-0.15, -0.1) is 0 Å². The van der Waals surface area contributed by atoms with Crippen molar-refractivity contribution >= 4 is 11.9 Å². The summed E-state index contributed by atoms with van der Waals surface area (Å²) in [4.78, 5) is 26.8. The standard InChI is InChI=1S/C23H23N3O4/c27-21(25-11-13-29-14-12-25)17-30-23(28)20-16-26(15-18-7-3-1-4-8-18)24-22(20)19-9-5-2-6-10-19/h1-10,16H,11-15,17H2. The van der Waals surface area contributed by atoms with Crippen LogP contribution in [0.25, 0.3) is 11.3 Å². The van der Waals surface area contributed by atoms with Gasteiger partial charge in [0.2, 0.25) is 0 Å². The van der Waals surface area contributed by atoms with E-state index in [0.717, 1.165) is 11.1 Å². The van der Waals surface area contributed by atoms with E-state index in [1.54, 1.807) is 15.8 Å². The monoisotopic (exact) mass is 405 g/mol. The number of hydrogen-bond donors (Lipinski definition) is 0. The van der Waals surface area contributed by atoms with Crippen molar-refractivity contribution in [3.05, 3.63) is 78.0 Å². The van der Waals surface area contributed by atoms with E-state index >= 15 is 0 Å². The van der Waals surface area contributed by atoms with E-state index in [1.165, 1.54) is 0 Å². The minimum atomic E-state index is -0.560. The smallest absolute Gasteiger partial charge is 0.342 e. The van der Waals surface area contributed by atoms with Crippen molar-refractivity contribution in [2.24, 2.45) is 0 Å². The molecule has 1 aromatic heterocycles.